The van der Waals surface area contributed by atoms with Crippen LogP contribution >= 0.6 is 0 Å². The van der Waals surface area contributed by atoms with Crippen molar-refractivity contribution in [3.63, 3.8) is 0 Å². The zero-order chi connectivity index (χ0) is 6.10. The fraction of sp³-hybridized carbons (Fsp3) is 0.800. The van der Waals surface area contributed by atoms with Gasteiger partial charge >= 0.3 is 0 Å². The largest absolute Gasteiger partial charge is 0.246 e. The lowest BCUT2D eigenvalue weighted by Crippen LogP contribution is -2.15. The summed E-state index contributed by atoms with van der Waals surface area (Å²) in [5.41, 5.74) is 0. The number of nitrogens with zero attached hydrogens (tertiary/aromatic N) is 4. The standard InChI is InChI=1S/C5H7N4/c1-2-4(3-1)5-6-8-9-7-5/h4H,1-3H2. The molecule has 0 aromatic carbocycles. The lowest BCUT2D eigenvalue weighted by Gasteiger charge is -2.24. The molecule has 0 bridgehead atoms. The predicted octanol–water partition coefficient (Wildman–Crippen LogP) is 2.11. The molecular weight excluding hydrogens is 116 g/mol. The van der Waals surface area contributed by atoms with Gasteiger partial charge in [-0.25, -0.2) is 0 Å². The molecule has 0 saturated heterocycles. The second kappa shape index (κ2) is 1.86. The highest BCUT2D eigenvalue weighted by atomic mass is 15.6. The minimum Gasteiger partial charge on any atom is -0.129 e. The molecule has 0 spiro atoms. The summed E-state index contributed by atoms with van der Waals surface area (Å²) in [5, 5.41) is 14.4. The van der Waals surface area contributed by atoms with Crippen molar-refractivity contribution >= 4 is 0 Å². The van der Waals surface area contributed by atoms with Gasteiger partial charge in [-0.3, -0.25) is 0 Å². The van der Waals surface area contributed by atoms with E-state index in [1.807, 2.05) is 0 Å². The second-order valence-electron chi connectivity index (χ2n) is 2.36. The highest BCUT2D eigenvalue weighted by molar-refractivity contribution is 4.95. The van der Waals surface area contributed by atoms with Gasteiger partial charge in [-0.2, -0.15) is 0 Å². The Balaban J connectivity index is 1.97. The van der Waals surface area contributed by atoms with E-state index in [0.29, 0.717) is 5.92 Å². The summed E-state index contributed by atoms with van der Waals surface area (Å²) in [7, 11) is 0. The van der Waals surface area contributed by atoms with Crippen LogP contribution < -0.4 is 0 Å². The van der Waals surface area contributed by atoms with Gasteiger partial charge in [0, 0.05) is 5.92 Å². The first kappa shape index (κ1) is 5.02. The minimum absolute atomic E-state index is 0.569. The molecule has 1 saturated carbocycles. The molecule has 1 radical (unpaired) electrons. The molecule has 0 amide bonds. The van der Waals surface area contributed by atoms with Gasteiger partial charge in [-0.05, 0) is 23.3 Å². The van der Waals surface area contributed by atoms with Crippen LogP contribution in [0.15, 0.2) is 20.7 Å². The van der Waals surface area contributed by atoms with E-state index in [-0.39, 0.29) is 0 Å². The number of hydrogen-bond acceptors (Lipinski definition) is 4. The van der Waals surface area contributed by atoms with Gasteiger partial charge < -0.3 is 0 Å². The van der Waals surface area contributed by atoms with Crippen molar-refractivity contribution in [2.24, 2.45) is 26.6 Å². The average molecular weight is 123 g/mol. The Morgan fingerprint density at radius 1 is 1.11 bits per heavy atom. The van der Waals surface area contributed by atoms with Crippen LogP contribution in [0, 0.1) is 12.1 Å². The smallest absolute Gasteiger partial charge is 0.129 e. The lowest BCUT2D eigenvalue weighted by atomic mass is 9.83. The van der Waals surface area contributed by atoms with Crippen molar-refractivity contribution < 1.29 is 0 Å². The van der Waals surface area contributed by atoms with Crippen LogP contribution in [0.2, 0.25) is 0 Å². The van der Waals surface area contributed by atoms with Crippen LogP contribution in [0.3, 0.4) is 0 Å². The first-order chi connectivity index (χ1) is 4.47. The molecule has 9 heavy (non-hydrogen) atoms. The maximum Gasteiger partial charge on any atom is 0.246 e. The molecule has 1 heterocycles. The summed E-state index contributed by atoms with van der Waals surface area (Å²) in [4.78, 5) is 0. The van der Waals surface area contributed by atoms with Crippen LogP contribution in [0.1, 0.15) is 19.3 Å². The van der Waals surface area contributed by atoms with Crippen molar-refractivity contribution in [2.75, 3.05) is 0 Å². The van der Waals surface area contributed by atoms with Gasteiger partial charge in [0.15, 0.2) is 0 Å². The molecule has 2 aliphatic rings. The molecule has 1 aliphatic heterocycles. The minimum atomic E-state index is 0.569. The highest BCUT2D eigenvalue weighted by Gasteiger charge is 2.30. The second-order valence-corrected chi connectivity index (χ2v) is 2.36. The number of hydrogen-bond donors (Lipinski definition) is 0. The Bertz CT molecular complexity index is 146. The predicted molar refractivity (Wildman–Crippen MR) is 30.3 cm³/mol. The van der Waals surface area contributed by atoms with Gasteiger partial charge in [0.2, 0.25) is 6.17 Å². The van der Waals surface area contributed by atoms with Crippen LogP contribution in [0.5, 0.6) is 0 Å². The summed E-state index contributed by atoms with van der Waals surface area (Å²) in [6, 6.07) is 0. The quantitative estimate of drug-likeness (QED) is 0.512. The van der Waals surface area contributed by atoms with E-state index in [1.54, 1.807) is 0 Å². The van der Waals surface area contributed by atoms with Gasteiger partial charge in [0.1, 0.15) is 0 Å². The molecule has 1 fully saturated rings. The summed E-state index contributed by atoms with van der Waals surface area (Å²) in [5.74, 6) is 0.569. The summed E-state index contributed by atoms with van der Waals surface area (Å²) < 4.78 is 0. The molecule has 0 aromatic heterocycles. The molecule has 0 N–H and O–H groups in total. The van der Waals surface area contributed by atoms with Crippen molar-refractivity contribution in [1.82, 2.24) is 0 Å². The zero-order valence-corrected chi connectivity index (χ0v) is 4.99. The van der Waals surface area contributed by atoms with Crippen LogP contribution in [-0.2, 0) is 0 Å². The van der Waals surface area contributed by atoms with Crippen LogP contribution in [0.25, 0.3) is 0 Å². The van der Waals surface area contributed by atoms with E-state index in [2.05, 4.69) is 20.7 Å². The Hall–Kier alpha value is -0.800. The first-order valence-electron chi connectivity index (χ1n) is 3.15. The Labute approximate surface area is 53.1 Å². The number of rotatable bonds is 1. The molecule has 2 rings (SSSR count). The molecule has 47 valence electrons. The highest BCUT2D eigenvalue weighted by Crippen LogP contribution is 2.38. The van der Waals surface area contributed by atoms with Gasteiger partial charge in [0.25, 0.3) is 0 Å². The topological polar surface area (TPSA) is 49.4 Å². The van der Waals surface area contributed by atoms with E-state index in [4.69, 9.17) is 0 Å². The molecule has 0 atom stereocenters. The summed E-state index contributed by atoms with van der Waals surface area (Å²) in [6.07, 6.45) is 4.57. The fourth-order valence-electron chi connectivity index (χ4n) is 0.981. The third-order valence-corrected chi connectivity index (χ3v) is 1.80. The van der Waals surface area contributed by atoms with E-state index in [1.165, 1.54) is 19.3 Å². The van der Waals surface area contributed by atoms with E-state index in [0.717, 1.165) is 6.17 Å². The third-order valence-electron chi connectivity index (χ3n) is 1.80. The van der Waals surface area contributed by atoms with Crippen molar-refractivity contribution in [1.29, 1.82) is 0 Å². The molecule has 0 unspecified atom stereocenters. The Morgan fingerprint density at radius 3 is 2.22 bits per heavy atom. The van der Waals surface area contributed by atoms with Gasteiger partial charge in [0.05, 0.1) is 0 Å². The van der Waals surface area contributed by atoms with Crippen molar-refractivity contribution in [3.8, 4) is 0 Å². The Kier molecular flexibility index (Phi) is 1.04. The zero-order valence-electron chi connectivity index (χ0n) is 4.99. The average Bonchev–Trinajstić information content (AvgIpc) is 2.11. The van der Waals surface area contributed by atoms with Gasteiger partial charge in [-0.15, -0.1) is 10.2 Å². The first-order valence-corrected chi connectivity index (χ1v) is 3.15. The van der Waals surface area contributed by atoms with Crippen LogP contribution in [-0.4, -0.2) is 0 Å². The van der Waals surface area contributed by atoms with E-state index < -0.39 is 0 Å². The summed E-state index contributed by atoms with van der Waals surface area (Å²) in [6.45, 7) is 0. The van der Waals surface area contributed by atoms with Crippen molar-refractivity contribution in [3.05, 3.63) is 6.17 Å². The van der Waals surface area contributed by atoms with E-state index >= 15 is 0 Å². The molecular formula is C5H7N4. The van der Waals surface area contributed by atoms with Crippen LogP contribution in [0.4, 0.5) is 0 Å². The summed E-state index contributed by atoms with van der Waals surface area (Å²) >= 11 is 0. The molecule has 1 aliphatic carbocycles. The molecule has 0 aromatic rings. The Morgan fingerprint density at radius 2 is 1.78 bits per heavy atom. The van der Waals surface area contributed by atoms with Gasteiger partial charge in [-0.1, -0.05) is 6.42 Å². The maximum absolute atomic E-state index is 3.77. The fourth-order valence-corrected chi connectivity index (χ4v) is 0.981. The third kappa shape index (κ3) is 0.742. The normalized spacial score (nSPS) is 27.1. The lowest BCUT2D eigenvalue weighted by molar-refractivity contribution is 0.323. The molecule has 4 nitrogen and oxygen atoms in total. The maximum atomic E-state index is 3.77. The SMILES string of the molecule is C1CC([C]2N=NN=N2)C1. The van der Waals surface area contributed by atoms with Crippen molar-refractivity contribution in [2.45, 2.75) is 19.3 Å². The molecule has 4 heteroatoms. The van der Waals surface area contributed by atoms with E-state index in [9.17, 15) is 0 Å². The monoisotopic (exact) mass is 123 g/mol.